The first-order valence-corrected chi connectivity index (χ1v) is 10.8. The Morgan fingerprint density at radius 2 is 1.70 bits per heavy atom. The Labute approximate surface area is 207 Å². The lowest BCUT2D eigenvalue weighted by atomic mass is 10.1. The van der Waals surface area contributed by atoms with Gasteiger partial charge in [0.05, 0.1) is 22.2 Å². The summed E-state index contributed by atoms with van der Waals surface area (Å²) in [5.74, 6) is -6.98. The van der Waals surface area contributed by atoms with Gasteiger partial charge in [-0.05, 0) is 36.8 Å². The zero-order chi connectivity index (χ0) is 24.7. The minimum absolute atomic E-state index is 0.0732. The molecule has 0 saturated heterocycles. The number of alkyl halides is 5. The molecule has 6 nitrogen and oxygen atoms in total. The molecule has 0 aromatic heterocycles. The minimum atomic E-state index is -4.09. The van der Waals surface area contributed by atoms with Crippen LogP contribution in [0.25, 0.3) is 0 Å². The van der Waals surface area contributed by atoms with Crippen LogP contribution in [-0.4, -0.2) is 26.9 Å². The maximum atomic E-state index is 14.6. The summed E-state index contributed by atoms with van der Waals surface area (Å²) in [6.07, 6.45) is 0.257. The number of carbonyl (C=O) groups is 3. The van der Waals surface area contributed by atoms with Crippen molar-refractivity contribution in [3.8, 4) is 0 Å². The lowest BCUT2D eigenvalue weighted by Crippen LogP contribution is -2.29. The first kappa shape index (κ1) is 25.5. The lowest BCUT2D eigenvalue weighted by Gasteiger charge is -2.14. The Bertz CT molecular complexity index is 1160. The highest BCUT2D eigenvalue weighted by Crippen LogP contribution is 2.53. The van der Waals surface area contributed by atoms with Crippen LogP contribution in [-0.2, 0) is 9.59 Å². The van der Waals surface area contributed by atoms with E-state index >= 15 is 0 Å². The van der Waals surface area contributed by atoms with Crippen LogP contribution >= 0.6 is 50.7 Å². The van der Waals surface area contributed by atoms with Crippen molar-refractivity contribution in [3.63, 3.8) is 0 Å². The maximum Gasteiger partial charge on any atom is 0.378 e. The van der Waals surface area contributed by atoms with E-state index in [1.165, 1.54) is 23.5 Å². The molecule has 0 bridgehead atoms. The third-order valence-corrected chi connectivity index (χ3v) is 5.98. The molecule has 0 radical (unpaired) electrons. The van der Waals surface area contributed by atoms with Gasteiger partial charge in [-0.25, -0.2) is 8.78 Å². The van der Waals surface area contributed by atoms with E-state index in [-0.39, 0.29) is 22.7 Å². The molecule has 2 aromatic rings. The van der Waals surface area contributed by atoms with Gasteiger partial charge in [-0.3, -0.25) is 14.4 Å². The van der Waals surface area contributed by atoms with Crippen molar-refractivity contribution >= 4 is 85.5 Å². The Kier molecular flexibility index (Phi) is 7.18. The number of carbonyl (C=O) groups excluding carboxylic acids is 3. The Balaban J connectivity index is 1.80. The number of nitrogens with one attached hydrogen (secondary N) is 3. The van der Waals surface area contributed by atoms with Gasteiger partial charge in [-0.2, -0.15) is 8.78 Å². The highest BCUT2D eigenvalue weighted by atomic mass is 79.9. The molecule has 176 valence electrons. The predicted octanol–water partition coefficient (Wildman–Crippen LogP) is 5.93. The second-order valence-corrected chi connectivity index (χ2v) is 9.84. The van der Waals surface area contributed by atoms with Crippen molar-refractivity contribution in [1.82, 2.24) is 0 Å². The van der Waals surface area contributed by atoms with Gasteiger partial charge in [0.15, 0.2) is 5.82 Å². The summed E-state index contributed by atoms with van der Waals surface area (Å²) in [6.45, 7) is 0. The molecule has 0 aliphatic heterocycles. The van der Waals surface area contributed by atoms with E-state index < -0.39 is 55.8 Å². The summed E-state index contributed by atoms with van der Waals surface area (Å²) >= 11 is 19.5. The molecule has 1 aliphatic rings. The number of amides is 3. The molecule has 0 heterocycles. The van der Waals surface area contributed by atoms with Crippen LogP contribution in [0.2, 0.25) is 5.02 Å². The van der Waals surface area contributed by atoms with E-state index in [0.29, 0.717) is 6.07 Å². The van der Waals surface area contributed by atoms with E-state index in [2.05, 4.69) is 10.6 Å². The highest BCUT2D eigenvalue weighted by Gasteiger charge is 2.56. The van der Waals surface area contributed by atoms with Crippen molar-refractivity contribution in [2.45, 2.75) is 15.6 Å². The average molecular weight is 592 g/mol. The maximum absolute atomic E-state index is 14.6. The predicted molar refractivity (Wildman–Crippen MR) is 119 cm³/mol. The zero-order valence-corrected chi connectivity index (χ0v) is 19.8. The number of anilines is 3. The highest BCUT2D eigenvalue weighted by molar-refractivity contribution is 9.10. The molecule has 1 unspecified atom stereocenters. The average Bonchev–Trinajstić information content (AvgIpc) is 3.36. The first-order chi connectivity index (χ1) is 15.2. The Hall–Kier alpha value is -2.08. The van der Waals surface area contributed by atoms with Gasteiger partial charge >= 0.3 is 10.7 Å². The normalized spacial score (nSPS) is 16.7. The molecule has 1 fully saturated rings. The third-order valence-electron chi connectivity index (χ3n) is 4.46. The quantitative estimate of drug-likeness (QED) is 0.288. The molecule has 3 N–H and O–H groups in total. The zero-order valence-electron chi connectivity index (χ0n) is 15.9. The Morgan fingerprint density at radius 1 is 1.06 bits per heavy atom. The van der Waals surface area contributed by atoms with Crippen LogP contribution < -0.4 is 16.0 Å². The number of hydrogen-bond acceptors (Lipinski definition) is 3. The number of benzene rings is 2. The van der Waals surface area contributed by atoms with Crippen molar-refractivity contribution in [2.75, 3.05) is 16.0 Å². The summed E-state index contributed by atoms with van der Waals surface area (Å²) in [7, 11) is 0. The SMILES string of the molecule is O=C(Nc1ccc(F)c(NC(=O)C(F)(F)Br)c1F)c1cc(NC(=O)C2CC2(Cl)Cl)ccc1Cl. The summed E-state index contributed by atoms with van der Waals surface area (Å²) < 4.78 is 53.4. The molecule has 14 heteroatoms. The van der Waals surface area contributed by atoms with Crippen molar-refractivity contribution in [3.05, 3.63) is 52.6 Å². The summed E-state index contributed by atoms with van der Waals surface area (Å²) in [5, 5.41) is 5.95. The number of halogens is 8. The second-order valence-electron chi connectivity index (χ2n) is 6.89. The van der Waals surface area contributed by atoms with E-state index in [9.17, 15) is 31.9 Å². The molecule has 3 rings (SSSR count). The summed E-state index contributed by atoms with van der Waals surface area (Å²) in [6, 6.07) is 5.35. The van der Waals surface area contributed by atoms with E-state index in [4.69, 9.17) is 34.8 Å². The molecular weight excluding hydrogens is 580 g/mol. The lowest BCUT2D eigenvalue weighted by molar-refractivity contribution is -0.128. The second kappa shape index (κ2) is 9.28. The van der Waals surface area contributed by atoms with Gasteiger partial charge in [0.25, 0.3) is 5.91 Å². The van der Waals surface area contributed by atoms with Gasteiger partial charge in [0.1, 0.15) is 15.8 Å². The van der Waals surface area contributed by atoms with E-state index in [0.717, 1.165) is 6.07 Å². The van der Waals surface area contributed by atoms with Crippen LogP contribution in [0.4, 0.5) is 34.6 Å². The van der Waals surface area contributed by atoms with Crippen molar-refractivity contribution < 1.29 is 31.9 Å². The van der Waals surface area contributed by atoms with Gasteiger partial charge in [-0.15, -0.1) is 23.2 Å². The monoisotopic (exact) mass is 589 g/mol. The van der Waals surface area contributed by atoms with E-state index in [1.54, 1.807) is 15.9 Å². The Morgan fingerprint density at radius 3 is 2.27 bits per heavy atom. The fourth-order valence-electron chi connectivity index (χ4n) is 2.64. The number of rotatable bonds is 6. The van der Waals surface area contributed by atoms with Crippen LogP contribution in [0.3, 0.4) is 0 Å². The van der Waals surface area contributed by atoms with Gasteiger partial charge in [0.2, 0.25) is 5.91 Å². The van der Waals surface area contributed by atoms with Crippen LogP contribution in [0.5, 0.6) is 0 Å². The first-order valence-electron chi connectivity index (χ1n) is 8.86. The smallest absolute Gasteiger partial charge is 0.326 e. The van der Waals surface area contributed by atoms with Gasteiger partial charge in [0, 0.05) is 21.6 Å². The molecule has 1 saturated carbocycles. The molecule has 1 aliphatic carbocycles. The van der Waals surface area contributed by atoms with Crippen molar-refractivity contribution in [1.29, 1.82) is 0 Å². The molecule has 33 heavy (non-hydrogen) atoms. The molecule has 1 atom stereocenters. The molecule has 0 spiro atoms. The molecular formula is C19H11BrCl3F4N3O3. The minimum Gasteiger partial charge on any atom is -0.326 e. The third kappa shape index (κ3) is 5.89. The standard InChI is InChI=1S/C19H11BrCl3F4N3O3/c20-19(26,27)17(33)30-14-11(24)3-4-12(13(14)25)29-15(31)8-5-7(1-2-10(8)21)28-16(32)9-6-18(9,22)23/h1-5,9H,6H2,(H,28,32)(H,29,31)(H,30,33). The van der Waals surface area contributed by atoms with Gasteiger partial charge in [-0.1, -0.05) is 11.6 Å². The largest absolute Gasteiger partial charge is 0.378 e. The van der Waals surface area contributed by atoms with Crippen molar-refractivity contribution in [2.24, 2.45) is 5.92 Å². The van der Waals surface area contributed by atoms with Gasteiger partial charge < -0.3 is 16.0 Å². The van der Waals surface area contributed by atoms with Crippen LogP contribution in [0.15, 0.2) is 30.3 Å². The fraction of sp³-hybridized carbons (Fsp3) is 0.211. The number of hydrogen-bond donors (Lipinski definition) is 3. The fourth-order valence-corrected chi connectivity index (χ4v) is 3.45. The molecule has 2 aromatic carbocycles. The topological polar surface area (TPSA) is 87.3 Å². The van der Waals surface area contributed by atoms with Crippen LogP contribution in [0.1, 0.15) is 16.8 Å². The summed E-state index contributed by atoms with van der Waals surface area (Å²) in [4.78, 5) is 32.0. The van der Waals surface area contributed by atoms with E-state index in [1.807, 2.05) is 0 Å². The molecule has 3 amide bonds. The summed E-state index contributed by atoms with van der Waals surface area (Å²) in [5.41, 5.74) is -1.86. The van der Waals surface area contributed by atoms with Crippen LogP contribution in [0, 0.1) is 17.6 Å².